The van der Waals surface area contributed by atoms with E-state index in [1.807, 2.05) is 0 Å². The molecule has 0 aliphatic carbocycles. The summed E-state index contributed by atoms with van der Waals surface area (Å²) < 4.78 is 24.8. The van der Waals surface area contributed by atoms with Crippen LogP contribution in [0.15, 0.2) is 24.4 Å². The van der Waals surface area contributed by atoms with Crippen molar-refractivity contribution in [2.24, 2.45) is 0 Å². The highest BCUT2D eigenvalue weighted by Crippen LogP contribution is 2.38. The van der Waals surface area contributed by atoms with Crippen LogP contribution in [0.4, 0.5) is 10.1 Å². The average Bonchev–Trinajstić information content (AvgIpc) is 3.18. The molecule has 2 aliphatic heterocycles. The Kier molecular flexibility index (Phi) is 3.84. The van der Waals surface area contributed by atoms with Gasteiger partial charge in [-0.25, -0.2) is 9.18 Å². The van der Waals surface area contributed by atoms with Crippen LogP contribution in [0.5, 0.6) is 0 Å². The van der Waals surface area contributed by atoms with Crippen LogP contribution in [0.2, 0.25) is 0 Å². The first-order valence-electron chi connectivity index (χ1n) is 8.33. The number of anilines is 1. The molecular formula is C18H19FN2O3. The fraction of sp³-hybridized carbons (Fsp3) is 0.444. The van der Waals surface area contributed by atoms with Crippen molar-refractivity contribution in [3.63, 3.8) is 0 Å². The second kappa shape index (κ2) is 6.02. The third-order valence-electron chi connectivity index (χ3n) is 4.76. The lowest BCUT2D eigenvalue weighted by atomic mass is 9.94. The van der Waals surface area contributed by atoms with Gasteiger partial charge >= 0.3 is 5.97 Å². The van der Waals surface area contributed by atoms with Gasteiger partial charge in [0.25, 0.3) is 0 Å². The first-order chi connectivity index (χ1) is 11.7. The zero-order valence-corrected chi connectivity index (χ0v) is 13.4. The van der Waals surface area contributed by atoms with E-state index in [0.29, 0.717) is 22.2 Å². The van der Waals surface area contributed by atoms with Gasteiger partial charge in [0.1, 0.15) is 11.4 Å². The summed E-state index contributed by atoms with van der Waals surface area (Å²) in [5.74, 6) is -0.819. The highest BCUT2D eigenvalue weighted by Gasteiger charge is 2.41. The van der Waals surface area contributed by atoms with Crippen LogP contribution < -0.4 is 5.32 Å². The van der Waals surface area contributed by atoms with Crippen molar-refractivity contribution in [1.29, 1.82) is 0 Å². The standard InChI is InChI=1S/C18H19FN2O3/c1-2-23-18(22)13-9-20-14-5-3-10(19)7-12(14)17(13)21-15-8-11-4-6-16(15)24-11/h3,5,7,9,11,15-16H,2,4,6,8H2,1H3,(H,20,21). The Morgan fingerprint density at radius 2 is 2.33 bits per heavy atom. The normalized spacial score (nSPS) is 25.2. The Bertz CT molecular complexity index is 795. The molecule has 3 unspecified atom stereocenters. The minimum Gasteiger partial charge on any atom is -0.462 e. The van der Waals surface area contributed by atoms with Crippen molar-refractivity contribution in [1.82, 2.24) is 4.98 Å². The number of fused-ring (bicyclic) bond motifs is 3. The monoisotopic (exact) mass is 330 g/mol. The molecule has 3 atom stereocenters. The smallest absolute Gasteiger partial charge is 0.341 e. The van der Waals surface area contributed by atoms with Crippen molar-refractivity contribution >= 4 is 22.6 Å². The van der Waals surface area contributed by atoms with Gasteiger partial charge < -0.3 is 14.8 Å². The summed E-state index contributed by atoms with van der Waals surface area (Å²) in [5.41, 5.74) is 1.55. The van der Waals surface area contributed by atoms with E-state index in [-0.39, 0.29) is 30.7 Å². The zero-order valence-electron chi connectivity index (χ0n) is 13.4. The Hall–Kier alpha value is -2.21. The van der Waals surface area contributed by atoms with E-state index in [0.717, 1.165) is 19.3 Å². The van der Waals surface area contributed by atoms with E-state index in [1.165, 1.54) is 18.3 Å². The fourth-order valence-electron chi connectivity index (χ4n) is 3.66. The highest BCUT2D eigenvalue weighted by atomic mass is 19.1. The van der Waals surface area contributed by atoms with Crippen LogP contribution in [0.1, 0.15) is 36.5 Å². The number of hydrogen-bond acceptors (Lipinski definition) is 5. The summed E-state index contributed by atoms with van der Waals surface area (Å²) >= 11 is 0. The Morgan fingerprint density at radius 1 is 1.46 bits per heavy atom. The lowest BCUT2D eigenvalue weighted by Crippen LogP contribution is -2.31. The molecule has 0 spiro atoms. The average molecular weight is 330 g/mol. The van der Waals surface area contributed by atoms with Gasteiger partial charge in [-0.15, -0.1) is 0 Å². The molecule has 3 heterocycles. The van der Waals surface area contributed by atoms with Gasteiger partial charge in [0.05, 0.1) is 36.1 Å². The quantitative estimate of drug-likeness (QED) is 0.872. The van der Waals surface area contributed by atoms with Crippen molar-refractivity contribution in [2.45, 2.75) is 44.4 Å². The Balaban J connectivity index is 1.78. The second-order valence-corrected chi connectivity index (χ2v) is 6.29. The maximum absolute atomic E-state index is 13.8. The van der Waals surface area contributed by atoms with Crippen LogP contribution in [0, 0.1) is 5.82 Å². The topological polar surface area (TPSA) is 60.5 Å². The summed E-state index contributed by atoms with van der Waals surface area (Å²) in [4.78, 5) is 16.6. The molecule has 0 radical (unpaired) electrons. The molecule has 0 amide bonds. The molecule has 2 aliphatic rings. The van der Waals surface area contributed by atoms with Crippen molar-refractivity contribution in [3.05, 3.63) is 35.8 Å². The van der Waals surface area contributed by atoms with E-state index in [1.54, 1.807) is 13.0 Å². The summed E-state index contributed by atoms with van der Waals surface area (Å²) in [6.07, 6.45) is 4.90. The molecule has 1 N–H and O–H groups in total. The molecule has 126 valence electrons. The number of aromatic nitrogens is 1. The number of benzene rings is 1. The highest BCUT2D eigenvalue weighted by molar-refractivity contribution is 6.05. The van der Waals surface area contributed by atoms with Crippen LogP contribution >= 0.6 is 0 Å². The van der Waals surface area contributed by atoms with Crippen LogP contribution in [-0.2, 0) is 9.47 Å². The number of nitrogens with zero attached hydrogens (tertiary/aromatic N) is 1. The molecular weight excluding hydrogens is 311 g/mol. The van der Waals surface area contributed by atoms with Crippen molar-refractivity contribution < 1.29 is 18.7 Å². The molecule has 1 aromatic heterocycles. The number of rotatable bonds is 4. The number of nitrogens with one attached hydrogen (secondary N) is 1. The SMILES string of the molecule is CCOC(=O)c1cnc2ccc(F)cc2c1NC1CC2CCC1O2. The molecule has 1 aromatic carbocycles. The molecule has 4 rings (SSSR count). The maximum atomic E-state index is 13.8. The Morgan fingerprint density at radius 3 is 3.04 bits per heavy atom. The molecule has 0 saturated carbocycles. The molecule has 6 heteroatoms. The first-order valence-corrected chi connectivity index (χ1v) is 8.33. The molecule has 2 bridgehead atoms. The molecule has 24 heavy (non-hydrogen) atoms. The number of ether oxygens (including phenoxy) is 2. The van der Waals surface area contributed by atoms with E-state index < -0.39 is 5.97 Å². The maximum Gasteiger partial charge on any atom is 0.341 e. The predicted octanol–water partition coefficient (Wildman–Crippen LogP) is 3.28. The van der Waals surface area contributed by atoms with Crippen LogP contribution in [0.25, 0.3) is 10.9 Å². The summed E-state index contributed by atoms with van der Waals surface area (Å²) in [6.45, 7) is 2.03. The number of carbonyl (C=O) groups excluding carboxylic acids is 1. The van der Waals surface area contributed by atoms with Crippen LogP contribution in [0.3, 0.4) is 0 Å². The van der Waals surface area contributed by atoms with E-state index in [4.69, 9.17) is 9.47 Å². The van der Waals surface area contributed by atoms with E-state index in [2.05, 4.69) is 10.3 Å². The Labute approximate surface area is 139 Å². The molecule has 2 aromatic rings. The first kappa shape index (κ1) is 15.3. The van der Waals surface area contributed by atoms with Gasteiger partial charge in [-0.2, -0.15) is 0 Å². The van der Waals surface area contributed by atoms with E-state index in [9.17, 15) is 9.18 Å². The minimum absolute atomic E-state index is 0.116. The zero-order chi connectivity index (χ0) is 16.7. The largest absolute Gasteiger partial charge is 0.462 e. The lowest BCUT2D eigenvalue weighted by Gasteiger charge is -2.23. The summed E-state index contributed by atoms with van der Waals surface area (Å²) in [6, 6.07) is 4.50. The van der Waals surface area contributed by atoms with Gasteiger partial charge in [0.15, 0.2) is 0 Å². The molecule has 5 nitrogen and oxygen atoms in total. The number of halogens is 1. The lowest BCUT2D eigenvalue weighted by molar-refractivity contribution is 0.0527. The third-order valence-corrected chi connectivity index (χ3v) is 4.76. The van der Waals surface area contributed by atoms with Crippen molar-refractivity contribution in [2.75, 3.05) is 11.9 Å². The number of hydrogen-bond donors (Lipinski definition) is 1. The third kappa shape index (κ3) is 2.60. The minimum atomic E-state index is -0.456. The number of pyridine rings is 1. The molecule has 2 saturated heterocycles. The summed E-state index contributed by atoms with van der Waals surface area (Å²) in [5, 5.41) is 4.00. The van der Waals surface area contributed by atoms with Gasteiger partial charge in [-0.3, -0.25) is 4.98 Å². The summed E-state index contributed by atoms with van der Waals surface area (Å²) in [7, 11) is 0. The van der Waals surface area contributed by atoms with E-state index >= 15 is 0 Å². The van der Waals surface area contributed by atoms with Gasteiger partial charge in [0, 0.05) is 11.6 Å². The fourth-order valence-corrected chi connectivity index (χ4v) is 3.66. The number of carbonyl (C=O) groups is 1. The van der Waals surface area contributed by atoms with Crippen molar-refractivity contribution in [3.8, 4) is 0 Å². The number of esters is 1. The van der Waals surface area contributed by atoms with Crippen LogP contribution in [-0.4, -0.2) is 35.8 Å². The second-order valence-electron chi connectivity index (χ2n) is 6.29. The van der Waals surface area contributed by atoms with Gasteiger partial charge in [-0.1, -0.05) is 0 Å². The van der Waals surface area contributed by atoms with Gasteiger partial charge in [0.2, 0.25) is 0 Å². The van der Waals surface area contributed by atoms with Gasteiger partial charge in [-0.05, 0) is 44.4 Å². The predicted molar refractivity (Wildman–Crippen MR) is 87.6 cm³/mol. The molecule has 2 fully saturated rings.